The molecule has 0 spiro atoms. The third-order valence-electron chi connectivity index (χ3n) is 1.91. The first kappa shape index (κ1) is 14.9. The van der Waals surface area contributed by atoms with Gasteiger partial charge in [0, 0.05) is 0 Å². The monoisotopic (exact) mass is 232 g/mol. The van der Waals surface area contributed by atoms with Crippen LogP contribution in [0.4, 0.5) is 0 Å². The molecule has 0 heterocycles. The zero-order valence-electron chi connectivity index (χ0n) is 10.7. The van der Waals surface area contributed by atoms with Crippen LogP contribution in [-0.2, 0) is 14.3 Å². The number of nitrogens with zero attached hydrogens (tertiary/aromatic N) is 1. The van der Waals surface area contributed by atoms with Crippen molar-refractivity contribution in [1.82, 2.24) is 0 Å². The van der Waals surface area contributed by atoms with Crippen LogP contribution in [0.15, 0.2) is 0 Å². The zero-order chi connectivity index (χ0) is 12.9. The molecular weight excluding hydrogens is 210 g/mol. The van der Waals surface area contributed by atoms with Crippen LogP contribution in [0, 0.1) is 5.92 Å². The number of carboxylic acids is 1. The molecule has 0 saturated heterocycles. The van der Waals surface area contributed by atoms with Crippen molar-refractivity contribution in [2.75, 3.05) is 27.7 Å². The van der Waals surface area contributed by atoms with Crippen LogP contribution in [0.25, 0.3) is 0 Å². The summed E-state index contributed by atoms with van der Waals surface area (Å²) in [7, 11) is 5.79. The summed E-state index contributed by atoms with van der Waals surface area (Å²) >= 11 is 0. The molecule has 0 radical (unpaired) electrons. The van der Waals surface area contributed by atoms with E-state index in [1.165, 1.54) is 0 Å². The number of rotatable bonds is 6. The maximum atomic E-state index is 11.4. The minimum Gasteiger partial charge on any atom is -0.481 e. The van der Waals surface area contributed by atoms with Gasteiger partial charge in [-0.25, -0.2) is 0 Å². The van der Waals surface area contributed by atoms with E-state index < -0.39 is 12.1 Å². The Bertz CT molecular complexity index is 255. The van der Waals surface area contributed by atoms with E-state index in [1.54, 1.807) is 13.8 Å². The van der Waals surface area contributed by atoms with Gasteiger partial charge in [0.1, 0.15) is 6.54 Å². The van der Waals surface area contributed by atoms with E-state index in [-0.39, 0.29) is 18.3 Å². The molecule has 0 fully saturated rings. The highest BCUT2D eigenvalue weighted by molar-refractivity contribution is 5.73. The number of carbonyl (C=O) groups excluding carboxylic acids is 1. The first-order chi connectivity index (χ1) is 7.11. The third kappa shape index (κ3) is 7.23. The number of esters is 1. The highest BCUT2D eigenvalue weighted by atomic mass is 16.5. The van der Waals surface area contributed by atoms with Crippen molar-refractivity contribution in [3.05, 3.63) is 0 Å². The second-order valence-corrected chi connectivity index (χ2v) is 5.28. The number of aliphatic carboxylic acids is 1. The van der Waals surface area contributed by atoms with Crippen molar-refractivity contribution in [2.45, 2.75) is 26.4 Å². The first-order valence-corrected chi connectivity index (χ1v) is 5.34. The van der Waals surface area contributed by atoms with Crippen LogP contribution in [0.1, 0.15) is 20.3 Å². The van der Waals surface area contributed by atoms with Gasteiger partial charge in [0.05, 0.1) is 33.5 Å². The van der Waals surface area contributed by atoms with Crippen molar-refractivity contribution in [3.63, 3.8) is 0 Å². The minimum atomic E-state index is -0.949. The van der Waals surface area contributed by atoms with Gasteiger partial charge >= 0.3 is 11.9 Å². The Balaban J connectivity index is 4.43. The summed E-state index contributed by atoms with van der Waals surface area (Å²) in [5.41, 5.74) is 0. The zero-order valence-corrected chi connectivity index (χ0v) is 10.7. The lowest BCUT2D eigenvalue weighted by Gasteiger charge is -2.28. The predicted molar refractivity (Wildman–Crippen MR) is 59.9 cm³/mol. The van der Waals surface area contributed by atoms with Gasteiger partial charge in [-0.1, -0.05) is 13.8 Å². The summed E-state index contributed by atoms with van der Waals surface area (Å²) < 4.78 is 5.72. The molecule has 0 aliphatic heterocycles. The molecule has 0 aliphatic carbocycles. The summed E-state index contributed by atoms with van der Waals surface area (Å²) in [6.45, 7) is 3.95. The van der Waals surface area contributed by atoms with Gasteiger partial charge in [-0.05, 0) is 0 Å². The Hall–Kier alpha value is -1.10. The quantitative estimate of drug-likeness (QED) is 0.542. The minimum absolute atomic E-state index is 0.145. The molecule has 1 N–H and O–H groups in total. The van der Waals surface area contributed by atoms with E-state index in [0.717, 1.165) is 0 Å². The lowest BCUT2D eigenvalue weighted by molar-refractivity contribution is -0.873. The van der Waals surface area contributed by atoms with Crippen LogP contribution in [0.2, 0.25) is 0 Å². The highest BCUT2D eigenvalue weighted by Gasteiger charge is 2.25. The second-order valence-electron chi connectivity index (χ2n) is 5.28. The molecule has 0 saturated carbocycles. The molecule has 0 aliphatic rings. The molecule has 0 unspecified atom stereocenters. The fraction of sp³-hybridized carbons (Fsp3) is 0.818. The molecule has 0 aromatic rings. The van der Waals surface area contributed by atoms with E-state index in [1.807, 2.05) is 21.1 Å². The molecule has 0 amide bonds. The molecule has 5 nitrogen and oxygen atoms in total. The van der Waals surface area contributed by atoms with Crippen molar-refractivity contribution >= 4 is 11.9 Å². The number of carbonyl (C=O) groups is 2. The Kier molecular flexibility index (Phi) is 5.44. The van der Waals surface area contributed by atoms with E-state index >= 15 is 0 Å². The number of quaternary nitrogens is 1. The molecule has 1 atom stereocenters. The van der Waals surface area contributed by atoms with E-state index in [2.05, 4.69) is 0 Å². The average molecular weight is 232 g/mol. The Morgan fingerprint density at radius 1 is 1.25 bits per heavy atom. The Labute approximate surface area is 96.6 Å². The fourth-order valence-corrected chi connectivity index (χ4v) is 1.25. The number of carboxylic acid groups (broad SMARTS) is 1. The summed E-state index contributed by atoms with van der Waals surface area (Å²) in [6, 6.07) is 0. The molecule has 0 rings (SSSR count). The van der Waals surface area contributed by atoms with E-state index in [0.29, 0.717) is 11.0 Å². The molecule has 0 aromatic carbocycles. The first-order valence-electron chi connectivity index (χ1n) is 5.34. The molecular formula is C11H22NO4+. The lowest BCUT2D eigenvalue weighted by Crippen LogP contribution is -2.44. The number of hydrogen-bond donors (Lipinski definition) is 1. The molecule has 0 aromatic heterocycles. The maximum absolute atomic E-state index is 11.4. The normalized spacial score (nSPS) is 13.6. The van der Waals surface area contributed by atoms with Gasteiger partial charge in [0.2, 0.25) is 0 Å². The van der Waals surface area contributed by atoms with E-state index in [4.69, 9.17) is 9.84 Å². The molecule has 0 bridgehead atoms. The van der Waals surface area contributed by atoms with Gasteiger partial charge in [-0.3, -0.25) is 9.59 Å². The number of ether oxygens (including phenoxy) is 1. The van der Waals surface area contributed by atoms with Crippen molar-refractivity contribution in [3.8, 4) is 0 Å². The standard InChI is InChI=1S/C11H21NO4/c1-8(2)11(15)16-9(6-10(13)14)7-12(3,4)5/h8-9H,6-7H2,1-5H3/p+1/t9-/m1/s1. The Morgan fingerprint density at radius 2 is 1.75 bits per heavy atom. The van der Waals surface area contributed by atoms with Gasteiger partial charge in [-0.15, -0.1) is 0 Å². The topological polar surface area (TPSA) is 63.6 Å². The summed E-state index contributed by atoms with van der Waals surface area (Å²) in [5, 5.41) is 8.73. The summed E-state index contributed by atoms with van der Waals surface area (Å²) in [6.07, 6.45) is -0.707. The fourth-order valence-electron chi connectivity index (χ4n) is 1.25. The van der Waals surface area contributed by atoms with Crippen LogP contribution in [0.5, 0.6) is 0 Å². The smallest absolute Gasteiger partial charge is 0.308 e. The average Bonchev–Trinajstić information content (AvgIpc) is 1.98. The molecule has 5 heteroatoms. The molecule has 94 valence electrons. The second kappa shape index (κ2) is 5.84. The lowest BCUT2D eigenvalue weighted by atomic mass is 10.2. The van der Waals surface area contributed by atoms with Gasteiger partial charge < -0.3 is 14.3 Å². The van der Waals surface area contributed by atoms with E-state index in [9.17, 15) is 9.59 Å². The van der Waals surface area contributed by atoms with Crippen LogP contribution >= 0.6 is 0 Å². The third-order valence-corrected chi connectivity index (χ3v) is 1.91. The molecule has 16 heavy (non-hydrogen) atoms. The number of likely N-dealkylation sites (N-methyl/N-ethyl adjacent to an activating group) is 1. The van der Waals surface area contributed by atoms with Crippen LogP contribution in [0.3, 0.4) is 0 Å². The van der Waals surface area contributed by atoms with Crippen molar-refractivity contribution < 1.29 is 23.9 Å². The Morgan fingerprint density at radius 3 is 2.06 bits per heavy atom. The highest BCUT2D eigenvalue weighted by Crippen LogP contribution is 2.08. The van der Waals surface area contributed by atoms with Crippen LogP contribution in [-0.4, -0.2) is 55.3 Å². The summed E-state index contributed by atoms with van der Waals surface area (Å²) in [5.74, 6) is -1.53. The predicted octanol–water partition coefficient (Wildman–Crippen LogP) is 0.735. The van der Waals surface area contributed by atoms with Crippen LogP contribution < -0.4 is 0 Å². The largest absolute Gasteiger partial charge is 0.481 e. The SMILES string of the molecule is CC(C)C(=O)O[C@H](CC(=O)O)C[N+](C)(C)C. The maximum Gasteiger partial charge on any atom is 0.308 e. The summed E-state index contributed by atoms with van der Waals surface area (Å²) in [4.78, 5) is 22.0. The van der Waals surface area contributed by atoms with Gasteiger partial charge in [0.15, 0.2) is 6.10 Å². The van der Waals surface area contributed by atoms with Crippen molar-refractivity contribution in [1.29, 1.82) is 0 Å². The van der Waals surface area contributed by atoms with Gasteiger partial charge in [0.25, 0.3) is 0 Å². The van der Waals surface area contributed by atoms with Crippen molar-refractivity contribution in [2.24, 2.45) is 5.92 Å². The van der Waals surface area contributed by atoms with Gasteiger partial charge in [-0.2, -0.15) is 0 Å². The number of hydrogen-bond acceptors (Lipinski definition) is 3.